The highest BCUT2D eigenvalue weighted by Crippen LogP contribution is 2.24. The van der Waals surface area contributed by atoms with Crippen LogP contribution in [0.4, 0.5) is 5.69 Å². The molecule has 0 heterocycles. The molecule has 2 aromatic rings. The first-order chi connectivity index (χ1) is 11.9. The van der Waals surface area contributed by atoms with Crippen molar-refractivity contribution in [3.05, 3.63) is 57.0 Å². The number of benzene rings is 2. The molecular weight excluding hydrogens is 424 g/mol. The van der Waals surface area contributed by atoms with Gasteiger partial charge in [0.05, 0.1) is 12.2 Å². The molecular formula is C18H18BrClN2O2S. The number of amides is 1. The second kappa shape index (κ2) is 9.17. The summed E-state index contributed by atoms with van der Waals surface area (Å²) >= 11 is 14.6. The van der Waals surface area contributed by atoms with Crippen LogP contribution in [0.3, 0.4) is 0 Å². The van der Waals surface area contributed by atoms with E-state index in [2.05, 4.69) is 26.6 Å². The first-order valence-corrected chi connectivity index (χ1v) is 9.29. The molecule has 0 aliphatic heterocycles. The van der Waals surface area contributed by atoms with E-state index in [1.807, 2.05) is 26.0 Å². The Kier molecular flexibility index (Phi) is 7.23. The molecule has 2 rings (SSSR count). The zero-order valence-corrected chi connectivity index (χ0v) is 17.0. The van der Waals surface area contributed by atoms with Gasteiger partial charge in [0.1, 0.15) is 5.75 Å². The molecule has 0 aromatic heterocycles. The van der Waals surface area contributed by atoms with Crippen LogP contribution >= 0.6 is 39.7 Å². The lowest BCUT2D eigenvalue weighted by molar-refractivity contribution is 0.0973. The summed E-state index contributed by atoms with van der Waals surface area (Å²) in [5.41, 5.74) is 2.12. The number of carbonyl (C=O) groups excluding carboxylic acids is 1. The highest BCUT2D eigenvalue weighted by Gasteiger charge is 2.15. The Labute approximate surface area is 166 Å². The van der Waals surface area contributed by atoms with Crippen molar-refractivity contribution >= 4 is 56.5 Å². The summed E-state index contributed by atoms with van der Waals surface area (Å²) in [5.74, 6) is 0.175. The summed E-state index contributed by atoms with van der Waals surface area (Å²) in [4.78, 5) is 12.6. The van der Waals surface area contributed by atoms with Gasteiger partial charge < -0.3 is 10.1 Å². The molecule has 25 heavy (non-hydrogen) atoms. The van der Waals surface area contributed by atoms with Crippen molar-refractivity contribution in [3.63, 3.8) is 0 Å². The van der Waals surface area contributed by atoms with Crippen molar-refractivity contribution in [1.82, 2.24) is 5.32 Å². The van der Waals surface area contributed by atoms with Crippen LogP contribution in [0, 0.1) is 6.92 Å². The van der Waals surface area contributed by atoms with Crippen LogP contribution in [-0.4, -0.2) is 17.6 Å². The number of hydrogen-bond donors (Lipinski definition) is 2. The van der Waals surface area contributed by atoms with Gasteiger partial charge in [-0.15, -0.1) is 0 Å². The van der Waals surface area contributed by atoms with E-state index in [1.54, 1.807) is 24.3 Å². The number of hydrogen-bond acceptors (Lipinski definition) is 3. The van der Waals surface area contributed by atoms with Crippen LogP contribution in [0.15, 0.2) is 40.9 Å². The SMILES string of the molecule is CCCOc1ccc(Br)cc1C(=O)NC(=S)Nc1cc(Cl)ccc1C. The summed E-state index contributed by atoms with van der Waals surface area (Å²) in [5, 5.41) is 6.44. The zero-order valence-electron chi connectivity index (χ0n) is 13.9. The lowest BCUT2D eigenvalue weighted by Gasteiger charge is -2.14. The van der Waals surface area contributed by atoms with E-state index in [9.17, 15) is 4.79 Å². The van der Waals surface area contributed by atoms with E-state index in [0.717, 1.165) is 22.1 Å². The third kappa shape index (κ3) is 5.70. The lowest BCUT2D eigenvalue weighted by atomic mass is 10.2. The third-order valence-corrected chi connectivity index (χ3v) is 4.26. The van der Waals surface area contributed by atoms with Gasteiger partial charge in [-0.2, -0.15) is 0 Å². The van der Waals surface area contributed by atoms with Crippen molar-refractivity contribution in [2.24, 2.45) is 0 Å². The number of anilines is 1. The Morgan fingerprint density at radius 2 is 2.04 bits per heavy atom. The number of aryl methyl sites for hydroxylation is 1. The quantitative estimate of drug-likeness (QED) is 0.616. The zero-order chi connectivity index (χ0) is 18.4. The summed E-state index contributed by atoms with van der Waals surface area (Å²) in [6.45, 7) is 4.46. The van der Waals surface area contributed by atoms with Crippen molar-refractivity contribution in [3.8, 4) is 5.75 Å². The van der Waals surface area contributed by atoms with E-state index in [1.165, 1.54) is 0 Å². The highest BCUT2D eigenvalue weighted by molar-refractivity contribution is 9.10. The van der Waals surface area contributed by atoms with Crippen LogP contribution in [0.2, 0.25) is 5.02 Å². The molecule has 0 aliphatic rings. The second-order valence-electron chi connectivity index (χ2n) is 5.36. The first-order valence-electron chi connectivity index (χ1n) is 7.71. The van der Waals surface area contributed by atoms with Crippen LogP contribution in [0.5, 0.6) is 5.75 Å². The Bertz CT molecular complexity index is 799. The monoisotopic (exact) mass is 440 g/mol. The van der Waals surface area contributed by atoms with Gasteiger partial charge >= 0.3 is 0 Å². The van der Waals surface area contributed by atoms with Crippen molar-refractivity contribution < 1.29 is 9.53 Å². The van der Waals surface area contributed by atoms with E-state index in [-0.39, 0.29) is 11.0 Å². The fourth-order valence-corrected chi connectivity index (χ4v) is 2.81. The lowest BCUT2D eigenvalue weighted by Crippen LogP contribution is -2.34. The number of rotatable bonds is 5. The van der Waals surface area contributed by atoms with Gasteiger partial charge in [0.25, 0.3) is 5.91 Å². The fraction of sp³-hybridized carbons (Fsp3) is 0.222. The average molecular weight is 442 g/mol. The number of carbonyl (C=O) groups is 1. The van der Waals surface area contributed by atoms with Crippen LogP contribution < -0.4 is 15.4 Å². The van der Waals surface area contributed by atoms with E-state index >= 15 is 0 Å². The topological polar surface area (TPSA) is 50.4 Å². The smallest absolute Gasteiger partial charge is 0.261 e. The first kappa shape index (κ1) is 19.7. The average Bonchev–Trinajstić information content (AvgIpc) is 2.57. The predicted octanol–water partition coefficient (Wildman–Crippen LogP) is 5.33. The van der Waals surface area contributed by atoms with E-state index < -0.39 is 0 Å². The molecule has 4 nitrogen and oxygen atoms in total. The fourth-order valence-electron chi connectivity index (χ4n) is 2.07. The molecule has 2 N–H and O–H groups in total. The Morgan fingerprint density at radius 3 is 2.76 bits per heavy atom. The van der Waals surface area contributed by atoms with Gasteiger partial charge in [-0.05, 0) is 61.5 Å². The third-order valence-electron chi connectivity index (χ3n) is 3.32. The summed E-state index contributed by atoms with van der Waals surface area (Å²) in [7, 11) is 0. The summed E-state index contributed by atoms with van der Waals surface area (Å²) < 4.78 is 6.42. The number of nitrogens with one attached hydrogen (secondary N) is 2. The molecule has 7 heteroatoms. The van der Waals surface area contributed by atoms with Gasteiger partial charge in [-0.25, -0.2) is 0 Å². The van der Waals surface area contributed by atoms with Crippen molar-refractivity contribution in [2.45, 2.75) is 20.3 Å². The van der Waals surface area contributed by atoms with Crippen LogP contribution in [0.1, 0.15) is 29.3 Å². The Morgan fingerprint density at radius 1 is 1.28 bits per heavy atom. The van der Waals surface area contributed by atoms with E-state index in [0.29, 0.717) is 22.9 Å². The van der Waals surface area contributed by atoms with Crippen LogP contribution in [-0.2, 0) is 0 Å². The molecule has 0 spiro atoms. The molecule has 0 unspecified atom stereocenters. The van der Waals surface area contributed by atoms with Gasteiger partial charge in [-0.3, -0.25) is 10.1 Å². The van der Waals surface area contributed by atoms with Gasteiger partial charge in [-0.1, -0.05) is 40.5 Å². The maximum atomic E-state index is 12.6. The van der Waals surface area contributed by atoms with Gasteiger partial charge in [0, 0.05) is 15.2 Å². The minimum absolute atomic E-state index is 0.191. The largest absolute Gasteiger partial charge is 0.493 e. The minimum Gasteiger partial charge on any atom is -0.493 e. The minimum atomic E-state index is -0.343. The number of ether oxygens (including phenoxy) is 1. The second-order valence-corrected chi connectivity index (χ2v) is 7.12. The number of thiocarbonyl (C=S) groups is 1. The van der Waals surface area contributed by atoms with Gasteiger partial charge in [0.15, 0.2) is 5.11 Å². The molecule has 0 saturated heterocycles. The molecule has 0 saturated carbocycles. The summed E-state index contributed by atoms with van der Waals surface area (Å²) in [6.07, 6.45) is 0.852. The van der Waals surface area contributed by atoms with E-state index in [4.69, 9.17) is 28.6 Å². The molecule has 0 fully saturated rings. The van der Waals surface area contributed by atoms with Crippen LogP contribution in [0.25, 0.3) is 0 Å². The molecule has 0 radical (unpaired) electrons. The highest BCUT2D eigenvalue weighted by atomic mass is 79.9. The molecule has 0 atom stereocenters. The molecule has 2 aromatic carbocycles. The standard InChI is InChI=1S/C18H18BrClN2O2S/c1-3-8-24-16-7-5-12(19)9-14(16)17(23)22-18(25)21-15-10-13(20)6-4-11(15)2/h4-7,9-10H,3,8H2,1-2H3,(H2,21,22,23,25). The summed E-state index contributed by atoms with van der Waals surface area (Å²) in [6, 6.07) is 10.7. The Hall–Kier alpha value is -1.63. The Balaban J connectivity index is 2.12. The predicted molar refractivity (Wildman–Crippen MR) is 110 cm³/mol. The normalized spacial score (nSPS) is 10.2. The molecule has 132 valence electrons. The maximum absolute atomic E-state index is 12.6. The number of halogens is 2. The molecule has 0 bridgehead atoms. The molecule has 0 aliphatic carbocycles. The van der Waals surface area contributed by atoms with Crippen molar-refractivity contribution in [2.75, 3.05) is 11.9 Å². The van der Waals surface area contributed by atoms with Crippen molar-refractivity contribution in [1.29, 1.82) is 0 Å². The molecule has 1 amide bonds. The van der Waals surface area contributed by atoms with Gasteiger partial charge in [0.2, 0.25) is 0 Å². The maximum Gasteiger partial charge on any atom is 0.261 e.